The molecule has 6 nitrogen and oxygen atoms in total. The predicted octanol–water partition coefficient (Wildman–Crippen LogP) is 3.67. The second kappa shape index (κ2) is 7.70. The van der Waals surface area contributed by atoms with Crippen molar-refractivity contribution in [3.8, 4) is 11.5 Å². The molecule has 0 amide bonds. The average molecular weight is 338 g/mol. The van der Waals surface area contributed by atoms with Gasteiger partial charge in [-0.25, -0.2) is 4.98 Å². The lowest BCUT2D eigenvalue weighted by Crippen LogP contribution is -2.38. The van der Waals surface area contributed by atoms with E-state index in [1.165, 1.54) is 0 Å². The number of nitrogens with one attached hydrogen (secondary N) is 2. The van der Waals surface area contributed by atoms with Gasteiger partial charge in [0, 0.05) is 12.6 Å². The summed E-state index contributed by atoms with van der Waals surface area (Å²) in [6, 6.07) is 13.7. The maximum absolute atomic E-state index is 5.63. The molecule has 0 spiro atoms. The highest BCUT2D eigenvalue weighted by Crippen LogP contribution is 2.18. The summed E-state index contributed by atoms with van der Waals surface area (Å²) < 4.78 is 11.2. The fourth-order valence-corrected chi connectivity index (χ4v) is 2.43. The maximum Gasteiger partial charge on any atom is 0.226 e. The molecule has 3 aromatic rings. The van der Waals surface area contributed by atoms with Gasteiger partial charge in [-0.3, -0.25) is 4.99 Å². The molecule has 25 heavy (non-hydrogen) atoms. The van der Waals surface area contributed by atoms with Crippen molar-refractivity contribution < 1.29 is 8.83 Å². The van der Waals surface area contributed by atoms with Crippen LogP contribution < -0.4 is 10.6 Å². The molecule has 0 radical (unpaired) electrons. The van der Waals surface area contributed by atoms with Gasteiger partial charge in [0.05, 0.1) is 18.3 Å². The summed E-state index contributed by atoms with van der Waals surface area (Å²) >= 11 is 0. The fourth-order valence-electron chi connectivity index (χ4n) is 2.43. The van der Waals surface area contributed by atoms with Crippen molar-refractivity contribution in [3.63, 3.8) is 0 Å². The molecule has 0 saturated heterocycles. The van der Waals surface area contributed by atoms with Gasteiger partial charge in [-0.15, -0.1) is 0 Å². The van der Waals surface area contributed by atoms with Crippen LogP contribution in [0.15, 0.2) is 62.6 Å². The van der Waals surface area contributed by atoms with E-state index in [4.69, 9.17) is 8.83 Å². The third-order valence-electron chi connectivity index (χ3n) is 3.77. The molecule has 2 aromatic heterocycles. The van der Waals surface area contributed by atoms with Gasteiger partial charge in [-0.1, -0.05) is 18.2 Å². The monoisotopic (exact) mass is 338 g/mol. The van der Waals surface area contributed by atoms with E-state index in [2.05, 4.69) is 20.6 Å². The van der Waals surface area contributed by atoms with Gasteiger partial charge in [0.25, 0.3) is 0 Å². The molecule has 0 bridgehead atoms. The summed E-state index contributed by atoms with van der Waals surface area (Å²) in [6.45, 7) is 4.47. The summed E-state index contributed by atoms with van der Waals surface area (Å²) in [5.74, 6) is 3.04. The van der Waals surface area contributed by atoms with Crippen LogP contribution in [0.25, 0.3) is 11.5 Å². The second-order valence-electron chi connectivity index (χ2n) is 5.75. The van der Waals surface area contributed by atoms with Gasteiger partial charge in [-0.2, -0.15) is 0 Å². The highest BCUT2D eigenvalue weighted by atomic mass is 16.3. The molecule has 0 fully saturated rings. The minimum absolute atomic E-state index is 0.0112. The molecule has 3 rings (SSSR count). The van der Waals surface area contributed by atoms with Crippen LogP contribution in [0, 0.1) is 6.92 Å². The minimum atomic E-state index is 0.0112. The van der Waals surface area contributed by atoms with E-state index in [0.29, 0.717) is 18.4 Å². The van der Waals surface area contributed by atoms with Gasteiger partial charge in [0.2, 0.25) is 5.89 Å². The first-order chi connectivity index (χ1) is 12.2. The Kier molecular flexibility index (Phi) is 5.18. The van der Waals surface area contributed by atoms with Gasteiger partial charge < -0.3 is 19.5 Å². The van der Waals surface area contributed by atoms with Crippen molar-refractivity contribution in [2.45, 2.75) is 26.4 Å². The molecular formula is C19H22N4O2. The number of aliphatic imine (C=N–C) groups is 1. The van der Waals surface area contributed by atoms with Crippen molar-refractivity contribution >= 4 is 5.96 Å². The van der Waals surface area contributed by atoms with Crippen molar-refractivity contribution in [2.75, 3.05) is 7.05 Å². The summed E-state index contributed by atoms with van der Waals surface area (Å²) in [7, 11) is 1.73. The number of oxazole rings is 1. The third-order valence-corrected chi connectivity index (χ3v) is 3.77. The molecule has 0 aliphatic carbocycles. The molecule has 0 saturated carbocycles. The van der Waals surface area contributed by atoms with Crippen LogP contribution in [-0.2, 0) is 6.54 Å². The molecule has 0 aliphatic rings. The minimum Gasteiger partial charge on any atom is -0.464 e. The van der Waals surface area contributed by atoms with E-state index in [1.54, 1.807) is 13.3 Å². The van der Waals surface area contributed by atoms with E-state index in [9.17, 15) is 0 Å². The number of aryl methyl sites for hydroxylation is 1. The zero-order chi connectivity index (χ0) is 17.6. The average Bonchev–Trinajstić information content (AvgIpc) is 3.28. The Morgan fingerprint density at radius 2 is 2.00 bits per heavy atom. The van der Waals surface area contributed by atoms with Gasteiger partial charge >= 0.3 is 0 Å². The third kappa shape index (κ3) is 4.29. The number of hydrogen-bond acceptors (Lipinski definition) is 4. The van der Waals surface area contributed by atoms with Gasteiger partial charge in [0.1, 0.15) is 17.8 Å². The zero-order valence-corrected chi connectivity index (χ0v) is 14.6. The summed E-state index contributed by atoms with van der Waals surface area (Å²) in [5, 5.41) is 6.52. The molecule has 6 heteroatoms. The first kappa shape index (κ1) is 16.8. The molecule has 0 aliphatic heterocycles. The predicted molar refractivity (Wildman–Crippen MR) is 97.1 cm³/mol. The molecule has 1 aromatic carbocycles. The van der Waals surface area contributed by atoms with Crippen LogP contribution in [-0.4, -0.2) is 18.0 Å². The van der Waals surface area contributed by atoms with Crippen molar-refractivity contribution in [3.05, 3.63) is 65.9 Å². The lowest BCUT2D eigenvalue weighted by Gasteiger charge is -2.15. The summed E-state index contributed by atoms with van der Waals surface area (Å²) in [5.41, 5.74) is 1.77. The van der Waals surface area contributed by atoms with Crippen LogP contribution in [0.2, 0.25) is 0 Å². The normalized spacial score (nSPS) is 12.8. The smallest absolute Gasteiger partial charge is 0.226 e. The topological polar surface area (TPSA) is 75.6 Å². The Bertz CT molecular complexity index is 836. The standard InChI is InChI=1S/C19H22N4O2/c1-13-9-10-17(25-13)14(2)22-19(20-3)21-11-16-12-24-18(23-16)15-7-5-4-6-8-15/h4-10,12,14H,11H2,1-3H3,(H2,20,21,22). The number of benzene rings is 1. The van der Waals surface area contributed by atoms with E-state index in [1.807, 2.05) is 56.3 Å². The highest BCUT2D eigenvalue weighted by Gasteiger charge is 2.12. The Labute approximate surface area is 147 Å². The molecular weight excluding hydrogens is 316 g/mol. The Balaban J connectivity index is 1.57. The largest absolute Gasteiger partial charge is 0.464 e. The van der Waals surface area contributed by atoms with Crippen molar-refractivity contribution in [2.24, 2.45) is 4.99 Å². The molecule has 1 unspecified atom stereocenters. The quantitative estimate of drug-likeness (QED) is 0.548. The van der Waals surface area contributed by atoms with Gasteiger partial charge in [-0.05, 0) is 38.1 Å². The lowest BCUT2D eigenvalue weighted by atomic mass is 10.2. The molecule has 2 N–H and O–H groups in total. The Hall–Kier alpha value is -3.02. The lowest BCUT2D eigenvalue weighted by molar-refractivity contribution is 0.441. The highest BCUT2D eigenvalue weighted by molar-refractivity contribution is 5.79. The molecule has 2 heterocycles. The first-order valence-electron chi connectivity index (χ1n) is 8.19. The van der Waals surface area contributed by atoms with E-state index in [-0.39, 0.29) is 6.04 Å². The number of aromatic nitrogens is 1. The molecule has 1 atom stereocenters. The maximum atomic E-state index is 5.63. The second-order valence-corrected chi connectivity index (χ2v) is 5.75. The Morgan fingerprint density at radius 3 is 2.68 bits per heavy atom. The number of nitrogens with zero attached hydrogens (tertiary/aromatic N) is 2. The SMILES string of the molecule is CN=C(NCc1coc(-c2ccccc2)n1)NC(C)c1ccc(C)o1. The van der Waals surface area contributed by atoms with Crippen LogP contribution in [0.3, 0.4) is 0 Å². The molecule has 130 valence electrons. The number of furan rings is 1. The van der Waals surface area contributed by atoms with Crippen LogP contribution in [0.4, 0.5) is 0 Å². The fraction of sp³-hybridized carbons (Fsp3) is 0.263. The van der Waals surface area contributed by atoms with Crippen LogP contribution in [0.1, 0.15) is 30.2 Å². The van der Waals surface area contributed by atoms with Crippen molar-refractivity contribution in [1.82, 2.24) is 15.6 Å². The number of rotatable bonds is 5. The summed E-state index contributed by atoms with van der Waals surface area (Å²) in [6.07, 6.45) is 1.65. The first-order valence-corrected chi connectivity index (χ1v) is 8.19. The van der Waals surface area contributed by atoms with E-state index < -0.39 is 0 Å². The number of hydrogen-bond donors (Lipinski definition) is 2. The van der Waals surface area contributed by atoms with Crippen LogP contribution in [0.5, 0.6) is 0 Å². The van der Waals surface area contributed by atoms with Crippen molar-refractivity contribution in [1.29, 1.82) is 0 Å². The van der Waals surface area contributed by atoms with E-state index in [0.717, 1.165) is 22.8 Å². The van der Waals surface area contributed by atoms with E-state index >= 15 is 0 Å². The zero-order valence-electron chi connectivity index (χ0n) is 14.6. The Morgan fingerprint density at radius 1 is 1.20 bits per heavy atom. The number of guanidine groups is 1. The van der Waals surface area contributed by atoms with Gasteiger partial charge in [0.15, 0.2) is 5.96 Å². The summed E-state index contributed by atoms with van der Waals surface area (Å²) in [4.78, 5) is 8.73. The van der Waals surface area contributed by atoms with Crippen LogP contribution >= 0.6 is 0 Å².